The highest BCUT2D eigenvalue weighted by molar-refractivity contribution is 7.99. The molecular weight excluding hydrogens is 661 g/mol. The zero-order valence-electron chi connectivity index (χ0n) is 30.5. The Hall–Kier alpha value is -2.39. The summed E-state index contributed by atoms with van der Waals surface area (Å²) in [5.74, 6) is -1.53. The van der Waals surface area contributed by atoms with Crippen LogP contribution in [-0.2, 0) is 29.3 Å². The van der Waals surface area contributed by atoms with Gasteiger partial charge in [-0.2, -0.15) is 10.2 Å². The second-order valence-corrected chi connectivity index (χ2v) is 14.9. The van der Waals surface area contributed by atoms with Crippen molar-refractivity contribution >= 4 is 41.4 Å². The van der Waals surface area contributed by atoms with Crippen molar-refractivity contribution in [3.05, 3.63) is 5.82 Å². The third-order valence-corrected chi connectivity index (χ3v) is 9.99. The van der Waals surface area contributed by atoms with Gasteiger partial charge in [0.05, 0.1) is 32.1 Å². The van der Waals surface area contributed by atoms with E-state index in [1.807, 2.05) is 0 Å². The van der Waals surface area contributed by atoms with E-state index in [-0.39, 0.29) is 40.9 Å². The van der Waals surface area contributed by atoms with E-state index < -0.39 is 11.4 Å². The van der Waals surface area contributed by atoms with Gasteiger partial charge in [0.2, 0.25) is 5.41 Å². The molecule has 1 N–H and O–H groups in total. The Morgan fingerprint density at radius 2 is 0.980 bits per heavy atom. The predicted molar refractivity (Wildman–Crippen MR) is 197 cm³/mol. The van der Waals surface area contributed by atoms with Crippen molar-refractivity contribution < 1.29 is 29.0 Å². The number of hydrogen-bond donors (Lipinski definition) is 1. The van der Waals surface area contributed by atoms with Crippen LogP contribution < -0.4 is 0 Å². The van der Waals surface area contributed by atoms with Crippen molar-refractivity contribution in [2.45, 2.75) is 178 Å². The number of carboxylic acid groups (broad SMARTS) is 1. The van der Waals surface area contributed by atoms with Crippen LogP contribution in [-0.4, -0.2) is 62.7 Å². The van der Waals surface area contributed by atoms with Crippen LogP contribution in [0.15, 0.2) is 10.3 Å². The molecule has 0 spiro atoms. The molecule has 0 saturated heterocycles. The molecule has 0 aliphatic carbocycles. The summed E-state index contributed by atoms with van der Waals surface area (Å²) in [6, 6.07) is 1.79. The number of ether oxygens (including phenoxy) is 2. The first-order valence-corrected chi connectivity index (χ1v) is 20.7. The number of aliphatic carboxylic acids is 1. The molecule has 1 atom stereocenters. The Morgan fingerprint density at radius 3 is 1.31 bits per heavy atom. The second kappa shape index (κ2) is 29.4. The Labute approximate surface area is 304 Å². The van der Waals surface area contributed by atoms with Crippen LogP contribution in [0.2, 0.25) is 0 Å². The fourth-order valence-corrected chi connectivity index (χ4v) is 6.60. The van der Waals surface area contributed by atoms with Gasteiger partial charge in [-0.05, 0) is 19.8 Å². The van der Waals surface area contributed by atoms with Crippen molar-refractivity contribution in [2.75, 3.05) is 24.7 Å². The molecule has 10 nitrogen and oxygen atoms in total. The Morgan fingerprint density at radius 1 is 0.633 bits per heavy atom. The van der Waals surface area contributed by atoms with E-state index in [0.717, 1.165) is 38.5 Å². The number of thioether (sulfide) groups is 2. The van der Waals surface area contributed by atoms with Crippen LogP contribution >= 0.6 is 23.5 Å². The molecule has 278 valence electrons. The van der Waals surface area contributed by atoms with Crippen molar-refractivity contribution in [2.24, 2.45) is 0 Å². The molecule has 0 aliphatic heterocycles. The summed E-state index contributed by atoms with van der Waals surface area (Å²) in [7, 11) is 0. The maximum Gasteiger partial charge on any atom is 0.331 e. The highest BCUT2D eigenvalue weighted by atomic mass is 32.2. The highest BCUT2D eigenvalue weighted by Crippen LogP contribution is 2.26. The van der Waals surface area contributed by atoms with Gasteiger partial charge in [-0.15, -0.1) is 0 Å². The van der Waals surface area contributed by atoms with Crippen LogP contribution in [0.1, 0.15) is 168 Å². The van der Waals surface area contributed by atoms with E-state index in [1.54, 1.807) is 6.07 Å². The second-order valence-electron chi connectivity index (χ2n) is 12.8. The van der Waals surface area contributed by atoms with Gasteiger partial charge in [0.15, 0.2) is 16.1 Å². The lowest BCUT2D eigenvalue weighted by Gasteiger charge is -2.15. The topological polar surface area (TPSA) is 152 Å². The quantitative estimate of drug-likeness (QED) is 0.0428. The normalized spacial score (nSPS) is 12.3. The minimum Gasteiger partial charge on any atom is -0.480 e. The number of nitrogens with zero attached hydrogens (tertiary/aromatic N) is 4. The Bertz CT molecular complexity index is 1040. The molecule has 1 aromatic heterocycles. The standard InChI is InChI=1S/C37H62N4O6S2/c1-4-6-8-10-12-14-16-18-20-22-26-46-31(42)24-28-48-35-39-33(37(3,30-38)34(44)45)40-36(41-35)49-29-25-32(43)47-27-23-21-19-17-15-13-11-9-7-5-2/h4-29H2,1-3H3,(H,44,45). The summed E-state index contributed by atoms with van der Waals surface area (Å²) in [5.41, 5.74) is -1.98. The van der Waals surface area contributed by atoms with Gasteiger partial charge >= 0.3 is 17.9 Å². The molecule has 1 unspecified atom stereocenters. The number of carbonyl (C=O) groups excluding carboxylic acids is 2. The van der Waals surface area contributed by atoms with Crippen molar-refractivity contribution in [3.63, 3.8) is 0 Å². The van der Waals surface area contributed by atoms with Crippen LogP contribution in [0.4, 0.5) is 0 Å². The van der Waals surface area contributed by atoms with Gasteiger partial charge < -0.3 is 14.6 Å². The molecule has 0 bridgehead atoms. The Kier molecular flexibility index (Phi) is 26.7. The van der Waals surface area contributed by atoms with Crippen LogP contribution in [0, 0.1) is 11.3 Å². The van der Waals surface area contributed by atoms with Gasteiger partial charge in [0, 0.05) is 11.5 Å². The number of rotatable bonds is 32. The van der Waals surface area contributed by atoms with Crippen molar-refractivity contribution in [1.29, 1.82) is 5.26 Å². The van der Waals surface area contributed by atoms with E-state index >= 15 is 0 Å². The lowest BCUT2D eigenvalue weighted by molar-refractivity contribution is -0.144. The molecule has 0 saturated carbocycles. The molecule has 0 radical (unpaired) electrons. The largest absolute Gasteiger partial charge is 0.480 e. The molecule has 0 fully saturated rings. The number of nitriles is 1. The smallest absolute Gasteiger partial charge is 0.331 e. The van der Waals surface area contributed by atoms with E-state index in [2.05, 4.69) is 28.8 Å². The van der Waals surface area contributed by atoms with Gasteiger partial charge in [-0.1, -0.05) is 153 Å². The summed E-state index contributed by atoms with van der Waals surface area (Å²) in [4.78, 5) is 49.3. The molecule has 49 heavy (non-hydrogen) atoms. The number of unbranched alkanes of at least 4 members (excludes halogenated alkanes) is 18. The highest BCUT2D eigenvalue weighted by Gasteiger charge is 2.39. The minimum atomic E-state index is -1.98. The molecule has 0 aliphatic rings. The summed E-state index contributed by atoms with van der Waals surface area (Å²) >= 11 is 2.34. The number of aromatic nitrogens is 3. The predicted octanol–water partition coefficient (Wildman–Crippen LogP) is 9.63. The third-order valence-electron chi connectivity index (χ3n) is 8.29. The number of hydrogen-bond acceptors (Lipinski definition) is 11. The lowest BCUT2D eigenvalue weighted by Crippen LogP contribution is -2.33. The number of carboxylic acids is 1. The maximum atomic E-state index is 12.3. The summed E-state index contributed by atoms with van der Waals surface area (Å²) < 4.78 is 10.8. The average molecular weight is 723 g/mol. The first-order valence-electron chi connectivity index (χ1n) is 18.7. The van der Waals surface area contributed by atoms with Gasteiger partial charge in [-0.3, -0.25) is 14.4 Å². The average Bonchev–Trinajstić information content (AvgIpc) is 3.09. The SMILES string of the molecule is CCCCCCCCCCCCOC(=O)CCSc1nc(SCCC(=O)OCCCCCCCCCCCC)nc(C(C)(C#N)C(=O)O)n1. The van der Waals surface area contributed by atoms with E-state index in [4.69, 9.17) is 9.47 Å². The zero-order chi connectivity index (χ0) is 36.0. The number of carbonyl (C=O) groups is 3. The van der Waals surface area contributed by atoms with E-state index in [0.29, 0.717) is 24.7 Å². The molecule has 1 heterocycles. The lowest BCUT2D eigenvalue weighted by atomic mass is 9.92. The Balaban J connectivity index is 2.43. The van der Waals surface area contributed by atoms with Gasteiger partial charge in [0.25, 0.3) is 0 Å². The van der Waals surface area contributed by atoms with Crippen molar-refractivity contribution in [1.82, 2.24) is 15.0 Å². The summed E-state index contributed by atoms with van der Waals surface area (Å²) in [5, 5.41) is 19.8. The molecule has 12 heteroatoms. The molecular formula is C37H62N4O6S2. The minimum absolute atomic E-state index is 0.144. The van der Waals surface area contributed by atoms with Gasteiger partial charge in [-0.25, -0.2) is 9.97 Å². The van der Waals surface area contributed by atoms with Crippen molar-refractivity contribution in [3.8, 4) is 6.07 Å². The summed E-state index contributed by atoms with van der Waals surface area (Å²) in [6.45, 7) is 6.50. The van der Waals surface area contributed by atoms with E-state index in [1.165, 1.54) is 120 Å². The first-order chi connectivity index (χ1) is 23.8. The van der Waals surface area contributed by atoms with Crippen LogP contribution in [0.5, 0.6) is 0 Å². The molecule has 0 aromatic carbocycles. The zero-order valence-corrected chi connectivity index (χ0v) is 32.1. The molecule has 1 rings (SSSR count). The fourth-order valence-electron chi connectivity index (χ4n) is 5.03. The first kappa shape index (κ1) is 44.6. The van der Waals surface area contributed by atoms with Gasteiger partial charge in [0.1, 0.15) is 0 Å². The fraction of sp³-hybridized carbons (Fsp3) is 0.811. The van der Waals surface area contributed by atoms with Crippen LogP contribution in [0.25, 0.3) is 0 Å². The molecule has 0 amide bonds. The van der Waals surface area contributed by atoms with Crippen LogP contribution in [0.3, 0.4) is 0 Å². The monoisotopic (exact) mass is 722 g/mol. The summed E-state index contributed by atoms with van der Waals surface area (Å²) in [6.07, 6.45) is 24.5. The maximum absolute atomic E-state index is 12.3. The third kappa shape index (κ3) is 22.1. The molecule has 1 aromatic rings. The van der Waals surface area contributed by atoms with E-state index in [9.17, 15) is 24.8 Å². The number of esters is 2.